The smallest absolute Gasteiger partial charge is 0.369 e. The molecule has 2 amide bonds. The van der Waals surface area contributed by atoms with Gasteiger partial charge in [-0.05, 0) is 48.9 Å². The average Bonchev–Trinajstić information content (AvgIpc) is 2.89. The SMILES string of the molecule is C=CC(=O)N(C)c1cc(Nc2ncc(Cl)c(NCCCNC(=O)c3ccc(C(F)(F)F)c(F)c3)n2)ccc1F. The highest BCUT2D eigenvalue weighted by Crippen LogP contribution is 2.31. The summed E-state index contributed by atoms with van der Waals surface area (Å²) in [5.41, 5.74) is -1.29. The van der Waals surface area contributed by atoms with Crippen molar-refractivity contribution in [1.29, 1.82) is 0 Å². The van der Waals surface area contributed by atoms with Crippen molar-refractivity contribution in [3.8, 4) is 0 Å². The summed E-state index contributed by atoms with van der Waals surface area (Å²) in [7, 11) is 1.40. The molecule has 0 aliphatic rings. The number of amides is 2. The molecule has 0 saturated carbocycles. The summed E-state index contributed by atoms with van der Waals surface area (Å²) in [6.45, 7) is 3.79. The van der Waals surface area contributed by atoms with Crippen LogP contribution in [0.25, 0.3) is 0 Å². The van der Waals surface area contributed by atoms with Crippen LogP contribution in [-0.4, -0.2) is 41.9 Å². The van der Waals surface area contributed by atoms with Gasteiger partial charge in [-0.1, -0.05) is 18.2 Å². The molecular weight excluding hydrogens is 547 g/mol. The molecule has 3 aromatic rings. The Hall–Kier alpha value is -4.26. The highest BCUT2D eigenvalue weighted by atomic mass is 35.5. The summed E-state index contributed by atoms with van der Waals surface area (Å²) in [6.07, 6.45) is -2.10. The van der Waals surface area contributed by atoms with E-state index in [4.69, 9.17) is 11.6 Å². The van der Waals surface area contributed by atoms with Crippen LogP contribution in [0.15, 0.2) is 55.3 Å². The number of halogens is 6. The molecule has 0 atom stereocenters. The Balaban J connectivity index is 1.55. The maximum atomic E-state index is 14.2. The van der Waals surface area contributed by atoms with Gasteiger partial charge in [0.1, 0.15) is 22.5 Å². The number of alkyl halides is 3. The molecule has 0 aliphatic carbocycles. The molecule has 0 saturated heterocycles. The number of nitrogens with one attached hydrogen (secondary N) is 3. The van der Waals surface area contributed by atoms with E-state index in [9.17, 15) is 31.5 Å². The molecule has 0 fully saturated rings. The Morgan fingerprint density at radius 1 is 1.10 bits per heavy atom. The molecule has 2 aromatic carbocycles. The van der Waals surface area contributed by atoms with Crippen molar-refractivity contribution in [1.82, 2.24) is 15.3 Å². The van der Waals surface area contributed by atoms with Gasteiger partial charge in [-0.3, -0.25) is 9.59 Å². The van der Waals surface area contributed by atoms with Crippen molar-refractivity contribution < 1.29 is 31.5 Å². The van der Waals surface area contributed by atoms with Crippen molar-refractivity contribution in [3.05, 3.63) is 83.0 Å². The van der Waals surface area contributed by atoms with Crippen LogP contribution in [0.1, 0.15) is 22.3 Å². The molecule has 1 aromatic heterocycles. The lowest BCUT2D eigenvalue weighted by atomic mass is 10.1. The van der Waals surface area contributed by atoms with Gasteiger partial charge in [0.25, 0.3) is 5.91 Å². The Kier molecular flexibility index (Phi) is 9.41. The molecule has 3 N–H and O–H groups in total. The van der Waals surface area contributed by atoms with Crippen LogP contribution in [0, 0.1) is 11.6 Å². The number of benzene rings is 2. The lowest BCUT2D eigenvalue weighted by molar-refractivity contribution is -0.140. The van der Waals surface area contributed by atoms with Crippen LogP contribution in [0.4, 0.5) is 45.1 Å². The van der Waals surface area contributed by atoms with Gasteiger partial charge in [0, 0.05) is 31.4 Å². The fourth-order valence-electron chi connectivity index (χ4n) is 3.27. The quantitative estimate of drug-likeness (QED) is 0.168. The van der Waals surface area contributed by atoms with Gasteiger partial charge in [-0.25, -0.2) is 13.8 Å². The fraction of sp³-hybridized carbons (Fsp3) is 0.200. The van der Waals surface area contributed by atoms with Crippen LogP contribution in [0.2, 0.25) is 5.02 Å². The maximum absolute atomic E-state index is 14.2. The van der Waals surface area contributed by atoms with Crippen molar-refractivity contribution in [2.45, 2.75) is 12.6 Å². The summed E-state index contributed by atoms with van der Waals surface area (Å²) in [5.74, 6) is -3.00. The van der Waals surface area contributed by atoms with E-state index >= 15 is 0 Å². The van der Waals surface area contributed by atoms with E-state index in [0.29, 0.717) is 24.2 Å². The first-order chi connectivity index (χ1) is 18.4. The zero-order chi connectivity index (χ0) is 28.7. The Labute approximate surface area is 224 Å². The van der Waals surface area contributed by atoms with Gasteiger partial charge in [0.2, 0.25) is 11.9 Å². The highest BCUT2D eigenvalue weighted by Gasteiger charge is 2.34. The lowest BCUT2D eigenvalue weighted by Crippen LogP contribution is -2.26. The zero-order valence-electron chi connectivity index (χ0n) is 20.4. The van der Waals surface area contributed by atoms with Crippen molar-refractivity contribution >= 4 is 46.6 Å². The van der Waals surface area contributed by atoms with E-state index in [1.54, 1.807) is 0 Å². The zero-order valence-corrected chi connectivity index (χ0v) is 21.1. The van der Waals surface area contributed by atoms with Crippen molar-refractivity contribution in [2.75, 3.05) is 35.7 Å². The normalized spacial score (nSPS) is 11.1. The molecular formula is C25H22ClF5N6O2. The number of hydrogen-bond donors (Lipinski definition) is 3. The van der Waals surface area contributed by atoms with E-state index < -0.39 is 35.2 Å². The van der Waals surface area contributed by atoms with Crippen LogP contribution in [-0.2, 0) is 11.0 Å². The number of anilines is 4. The minimum Gasteiger partial charge on any atom is -0.369 e. The fourth-order valence-corrected chi connectivity index (χ4v) is 3.43. The Morgan fingerprint density at radius 2 is 1.85 bits per heavy atom. The van der Waals surface area contributed by atoms with Gasteiger partial charge < -0.3 is 20.9 Å². The number of rotatable bonds is 10. The number of hydrogen-bond acceptors (Lipinski definition) is 6. The van der Waals surface area contributed by atoms with Gasteiger partial charge >= 0.3 is 6.18 Å². The third kappa shape index (κ3) is 7.63. The molecule has 206 valence electrons. The number of aromatic nitrogens is 2. The summed E-state index contributed by atoms with van der Waals surface area (Å²) in [5, 5.41) is 8.54. The van der Waals surface area contributed by atoms with Crippen LogP contribution < -0.4 is 20.9 Å². The van der Waals surface area contributed by atoms with E-state index in [2.05, 4.69) is 32.5 Å². The van der Waals surface area contributed by atoms with Crippen molar-refractivity contribution in [2.24, 2.45) is 0 Å². The van der Waals surface area contributed by atoms with Crippen LogP contribution >= 0.6 is 11.6 Å². The molecule has 14 heteroatoms. The van der Waals surface area contributed by atoms with Gasteiger partial charge in [0.05, 0.1) is 17.4 Å². The monoisotopic (exact) mass is 568 g/mol. The summed E-state index contributed by atoms with van der Waals surface area (Å²) >= 11 is 6.14. The third-order valence-corrected chi connectivity index (χ3v) is 5.56. The Morgan fingerprint density at radius 3 is 2.51 bits per heavy atom. The number of carbonyl (C=O) groups excluding carboxylic acids is 2. The van der Waals surface area contributed by atoms with E-state index in [-0.39, 0.29) is 41.1 Å². The van der Waals surface area contributed by atoms with Gasteiger partial charge in [-0.2, -0.15) is 18.2 Å². The van der Waals surface area contributed by atoms with E-state index in [1.165, 1.54) is 31.4 Å². The van der Waals surface area contributed by atoms with Crippen LogP contribution in [0.3, 0.4) is 0 Å². The molecule has 0 radical (unpaired) electrons. The molecule has 8 nitrogen and oxygen atoms in total. The maximum Gasteiger partial charge on any atom is 0.419 e. The molecule has 3 rings (SSSR count). The second kappa shape index (κ2) is 12.5. The topological polar surface area (TPSA) is 99.3 Å². The van der Waals surface area contributed by atoms with Gasteiger partial charge in [0.15, 0.2) is 0 Å². The number of carbonyl (C=O) groups is 2. The molecule has 0 bridgehead atoms. The van der Waals surface area contributed by atoms with E-state index in [1.807, 2.05) is 0 Å². The number of nitrogens with zero attached hydrogens (tertiary/aromatic N) is 3. The van der Waals surface area contributed by atoms with Crippen LogP contribution in [0.5, 0.6) is 0 Å². The summed E-state index contributed by atoms with van der Waals surface area (Å²) < 4.78 is 65.9. The molecule has 1 heterocycles. The second-order valence-corrected chi connectivity index (χ2v) is 8.42. The predicted octanol–water partition coefficient (Wildman–Crippen LogP) is 5.55. The largest absolute Gasteiger partial charge is 0.419 e. The van der Waals surface area contributed by atoms with E-state index in [0.717, 1.165) is 17.0 Å². The standard InChI is InChI=1S/C25H22ClF5N6O2/c1-3-21(38)37(2)20-12-15(6-8-18(20)27)35-24-34-13-17(26)22(36-24)32-9-4-10-33-23(39)14-5-7-16(19(28)11-14)25(29,30)31/h3,5-8,11-13H,1,4,9-10H2,2H3,(H,33,39)(H2,32,34,35,36). The Bertz CT molecular complexity index is 1390. The average molecular weight is 569 g/mol. The molecule has 39 heavy (non-hydrogen) atoms. The second-order valence-electron chi connectivity index (χ2n) is 8.01. The first-order valence-corrected chi connectivity index (χ1v) is 11.7. The summed E-state index contributed by atoms with van der Waals surface area (Å²) in [4.78, 5) is 33.4. The highest BCUT2D eigenvalue weighted by molar-refractivity contribution is 6.32. The summed E-state index contributed by atoms with van der Waals surface area (Å²) in [6, 6.07) is 5.95. The minimum atomic E-state index is -4.85. The van der Waals surface area contributed by atoms with Gasteiger partial charge in [-0.15, -0.1) is 0 Å². The minimum absolute atomic E-state index is 0.0123. The van der Waals surface area contributed by atoms with Crippen molar-refractivity contribution in [3.63, 3.8) is 0 Å². The predicted molar refractivity (Wildman–Crippen MR) is 137 cm³/mol. The molecule has 0 aliphatic heterocycles. The molecule has 0 spiro atoms. The first kappa shape index (κ1) is 29.3. The number of likely N-dealkylation sites (N-methyl/N-ethyl adjacent to an activating group) is 1. The third-order valence-electron chi connectivity index (χ3n) is 5.28. The lowest BCUT2D eigenvalue weighted by Gasteiger charge is -2.17. The molecule has 0 unspecified atom stereocenters. The first-order valence-electron chi connectivity index (χ1n) is 11.3.